The minimum absolute atomic E-state index is 0.275. The predicted molar refractivity (Wildman–Crippen MR) is 43.6 cm³/mol. The van der Waals surface area contributed by atoms with E-state index in [0.717, 1.165) is 0 Å². The third kappa shape index (κ3) is 6.73. The van der Waals surface area contributed by atoms with Gasteiger partial charge in [0.25, 0.3) is 0 Å². The molecule has 5 N–H and O–H groups in total. The van der Waals surface area contributed by atoms with Gasteiger partial charge in [0.2, 0.25) is 0 Å². The summed E-state index contributed by atoms with van der Waals surface area (Å²) in [5.74, 6) is 0. The first-order valence-corrected chi connectivity index (χ1v) is 3.29. The molecule has 0 unspecified atom stereocenters. The van der Waals surface area contributed by atoms with Crippen molar-refractivity contribution in [3.63, 3.8) is 0 Å². The largest absolute Gasteiger partial charge is 0.465 e. The number of primary amides is 1. The fraction of sp³-hybridized carbons (Fsp3) is 0.143. The molecule has 1 aromatic rings. The number of pyridine rings is 1. The van der Waals surface area contributed by atoms with E-state index in [1.807, 2.05) is 0 Å². The maximum Gasteiger partial charge on any atom is 0.402 e. The lowest BCUT2D eigenvalue weighted by Gasteiger charge is -1.98. The molecule has 0 atom stereocenters. The van der Waals surface area contributed by atoms with Gasteiger partial charge in [-0.15, -0.1) is 0 Å². The van der Waals surface area contributed by atoms with Crippen molar-refractivity contribution in [2.45, 2.75) is 6.29 Å². The first-order chi connectivity index (χ1) is 6.04. The maximum absolute atomic E-state index is 8.78. The Hall–Kier alpha value is -1.66. The summed E-state index contributed by atoms with van der Waals surface area (Å²) in [6.45, 7) is 0. The summed E-state index contributed by atoms with van der Waals surface area (Å²) in [7, 11) is 0. The zero-order valence-corrected chi connectivity index (χ0v) is 6.66. The maximum atomic E-state index is 8.78. The van der Waals surface area contributed by atoms with E-state index < -0.39 is 12.4 Å². The average molecular weight is 186 g/mol. The van der Waals surface area contributed by atoms with Crippen LogP contribution in [0.3, 0.4) is 0 Å². The molecular weight excluding hydrogens is 176 g/mol. The van der Waals surface area contributed by atoms with Crippen molar-refractivity contribution in [1.29, 1.82) is 0 Å². The summed E-state index contributed by atoms with van der Waals surface area (Å²) in [5.41, 5.74) is 4.30. The number of carboxylic acid groups (broad SMARTS) is 1. The summed E-state index contributed by atoms with van der Waals surface area (Å²) in [6.07, 6.45) is -1.28. The van der Waals surface area contributed by atoms with Crippen molar-refractivity contribution in [3.05, 3.63) is 30.1 Å². The van der Waals surface area contributed by atoms with Crippen LogP contribution >= 0.6 is 0 Å². The van der Waals surface area contributed by atoms with Crippen LogP contribution in [0.5, 0.6) is 0 Å². The molecule has 0 saturated heterocycles. The van der Waals surface area contributed by atoms with Gasteiger partial charge in [0.15, 0.2) is 6.29 Å². The highest BCUT2D eigenvalue weighted by Gasteiger charge is 1.99. The molecule has 0 aliphatic carbocycles. The fourth-order valence-electron chi connectivity index (χ4n) is 0.529. The molecule has 13 heavy (non-hydrogen) atoms. The van der Waals surface area contributed by atoms with Crippen molar-refractivity contribution in [1.82, 2.24) is 4.98 Å². The van der Waals surface area contributed by atoms with Crippen LogP contribution in [0.2, 0.25) is 0 Å². The van der Waals surface area contributed by atoms with E-state index >= 15 is 0 Å². The normalized spacial score (nSPS) is 8.85. The van der Waals surface area contributed by atoms with Crippen LogP contribution in [-0.2, 0) is 0 Å². The second-order valence-electron chi connectivity index (χ2n) is 1.97. The van der Waals surface area contributed by atoms with Gasteiger partial charge in [-0.2, -0.15) is 0 Å². The quantitative estimate of drug-likeness (QED) is 0.449. The Labute approximate surface area is 74.3 Å². The highest BCUT2D eigenvalue weighted by Crippen LogP contribution is 2.02. The van der Waals surface area contributed by atoms with Crippen molar-refractivity contribution in [2.24, 2.45) is 5.73 Å². The lowest BCUT2D eigenvalue weighted by Crippen LogP contribution is -2.03. The van der Waals surface area contributed by atoms with Crippen LogP contribution < -0.4 is 5.73 Å². The number of aliphatic hydroxyl groups is 2. The minimum atomic E-state index is -1.45. The topological polar surface area (TPSA) is 117 Å². The molecule has 6 nitrogen and oxygen atoms in total. The Morgan fingerprint density at radius 1 is 1.46 bits per heavy atom. The molecule has 0 spiro atoms. The molecule has 0 aliphatic heterocycles. The molecule has 0 aliphatic rings. The lowest BCUT2D eigenvalue weighted by atomic mass is 10.3. The van der Waals surface area contributed by atoms with Crippen molar-refractivity contribution in [2.75, 3.05) is 0 Å². The Morgan fingerprint density at radius 3 is 2.23 bits per heavy atom. The number of hydrogen-bond acceptors (Lipinski definition) is 4. The van der Waals surface area contributed by atoms with Crippen molar-refractivity contribution in [3.8, 4) is 0 Å². The van der Waals surface area contributed by atoms with Crippen LogP contribution in [0.15, 0.2) is 24.4 Å². The van der Waals surface area contributed by atoms with Crippen LogP contribution in [0, 0.1) is 0 Å². The molecule has 6 heteroatoms. The summed E-state index contributed by atoms with van der Waals surface area (Å²) >= 11 is 0. The second kappa shape index (κ2) is 5.92. The average Bonchev–Trinajstić information content (AvgIpc) is 2.05. The Balaban J connectivity index is 0.000000310. The van der Waals surface area contributed by atoms with Crippen LogP contribution in [0.4, 0.5) is 4.79 Å². The third-order valence-corrected chi connectivity index (χ3v) is 0.952. The minimum Gasteiger partial charge on any atom is -0.465 e. The monoisotopic (exact) mass is 186 g/mol. The summed E-state index contributed by atoms with van der Waals surface area (Å²) in [4.78, 5) is 12.5. The Morgan fingerprint density at radius 2 is 2.00 bits per heavy atom. The number of nitrogens with zero attached hydrogens (tertiary/aromatic N) is 1. The van der Waals surface area contributed by atoms with Crippen LogP contribution in [0.25, 0.3) is 0 Å². The second-order valence-corrected chi connectivity index (χ2v) is 1.97. The number of amides is 1. The van der Waals surface area contributed by atoms with E-state index in [1.165, 1.54) is 6.20 Å². The molecule has 0 fully saturated rings. The fourth-order valence-corrected chi connectivity index (χ4v) is 0.529. The number of aromatic nitrogens is 1. The molecule has 72 valence electrons. The Bertz CT molecular complexity index is 246. The SMILES string of the molecule is NC(=O)O.OC(O)c1ccccn1. The predicted octanol–water partition coefficient (Wildman–Crippen LogP) is -0.312. The molecular formula is C7H10N2O4. The van der Waals surface area contributed by atoms with Gasteiger partial charge in [-0.1, -0.05) is 6.07 Å². The molecule has 1 amide bonds. The van der Waals surface area contributed by atoms with Gasteiger partial charge < -0.3 is 21.1 Å². The van der Waals surface area contributed by atoms with E-state index in [-0.39, 0.29) is 5.69 Å². The van der Waals surface area contributed by atoms with E-state index in [2.05, 4.69) is 10.7 Å². The number of carbonyl (C=O) groups is 1. The van der Waals surface area contributed by atoms with E-state index in [1.54, 1.807) is 18.2 Å². The first kappa shape index (κ1) is 11.3. The summed E-state index contributed by atoms with van der Waals surface area (Å²) < 4.78 is 0. The van der Waals surface area contributed by atoms with Crippen molar-refractivity contribution >= 4 is 6.09 Å². The number of nitrogens with two attached hydrogens (primary N) is 1. The van der Waals surface area contributed by atoms with Crippen molar-refractivity contribution < 1.29 is 20.1 Å². The Kier molecular flexibility index (Phi) is 5.17. The van der Waals surface area contributed by atoms with Gasteiger partial charge in [-0.05, 0) is 12.1 Å². The molecule has 1 rings (SSSR count). The molecule has 0 bridgehead atoms. The van der Waals surface area contributed by atoms with E-state index in [4.69, 9.17) is 20.1 Å². The van der Waals surface area contributed by atoms with Gasteiger partial charge in [0, 0.05) is 6.20 Å². The van der Waals surface area contributed by atoms with Gasteiger partial charge >= 0.3 is 6.09 Å². The van der Waals surface area contributed by atoms with Gasteiger partial charge in [0.05, 0.1) is 5.69 Å². The summed E-state index contributed by atoms with van der Waals surface area (Å²) in [5, 5.41) is 24.2. The molecule has 1 heterocycles. The lowest BCUT2D eigenvalue weighted by molar-refractivity contribution is -0.0458. The molecule has 0 radical (unpaired) electrons. The number of rotatable bonds is 1. The molecule has 0 saturated carbocycles. The summed E-state index contributed by atoms with van der Waals surface area (Å²) in [6, 6.07) is 4.96. The standard InChI is InChI=1S/C6H7NO2.CH3NO2/c8-6(9)5-3-1-2-4-7-5;2-1(3)4/h1-4,6,8-9H;2H2,(H,3,4). The first-order valence-electron chi connectivity index (χ1n) is 3.29. The molecule has 0 aromatic carbocycles. The van der Waals surface area contributed by atoms with E-state index in [9.17, 15) is 0 Å². The highest BCUT2D eigenvalue weighted by molar-refractivity contribution is 5.61. The zero-order chi connectivity index (χ0) is 10.3. The van der Waals surface area contributed by atoms with Gasteiger partial charge in [-0.3, -0.25) is 4.98 Å². The van der Waals surface area contributed by atoms with Gasteiger partial charge in [-0.25, -0.2) is 4.79 Å². The highest BCUT2D eigenvalue weighted by atomic mass is 16.5. The smallest absolute Gasteiger partial charge is 0.402 e. The van der Waals surface area contributed by atoms with Gasteiger partial charge in [0.1, 0.15) is 0 Å². The number of aliphatic hydroxyl groups excluding tert-OH is 1. The van der Waals surface area contributed by atoms with Crippen LogP contribution in [0.1, 0.15) is 12.0 Å². The van der Waals surface area contributed by atoms with E-state index in [0.29, 0.717) is 0 Å². The molecule has 1 aromatic heterocycles. The third-order valence-electron chi connectivity index (χ3n) is 0.952. The zero-order valence-electron chi connectivity index (χ0n) is 6.66. The number of hydrogen-bond donors (Lipinski definition) is 4. The van der Waals surface area contributed by atoms with Crippen LogP contribution in [-0.4, -0.2) is 26.4 Å².